The number of para-hydroxylation sites is 3. The normalized spacial score (nSPS) is 11.1. The highest BCUT2D eigenvalue weighted by molar-refractivity contribution is 6.11. The Bertz CT molecular complexity index is 2920. The summed E-state index contributed by atoms with van der Waals surface area (Å²) in [4.78, 5) is 3.67. The first kappa shape index (κ1) is 28.8. The lowest BCUT2D eigenvalue weighted by atomic mass is 9.91. The van der Waals surface area contributed by atoms with Crippen LogP contribution in [0.15, 0.2) is 152 Å². The summed E-state index contributed by atoms with van der Waals surface area (Å²) in [5.74, 6) is 0. The molecule has 5 heteroatoms. The molecule has 9 rings (SSSR count). The van der Waals surface area contributed by atoms with E-state index in [1.54, 1.807) is 12.1 Å². The molecule has 0 atom stereocenters. The molecule has 0 spiro atoms. The highest BCUT2D eigenvalue weighted by Crippen LogP contribution is 2.41. The number of nitriles is 2. The quantitative estimate of drug-likeness (QED) is 0.181. The van der Waals surface area contributed by atoms with Gasteiger partial charge < -0.3 is 9.13 Å². The van der Waals surface area contributed by atoms with Gasteiger partial charge in [0.1, 0.15) is 0 Å². The number of nitrogens with zero attached hydrogens (tertiary/aromatic N) is 5. The number of hydrogen-bond acceptors (Lipinski definition) is 2. The predicted molar refractivity (Wildman–Crippen MR) is 202 cm³/mol. The molecule has 7 aromatic carbocycles. The van der Waals surface area contributed by atoms with Gasteiger partial charge in [-0.05, 0) is 65.7 Å². The van der Waals surface area contributed by atoms with Gasteiger partial charge in [0.05, 0.1) is 52.1 Å². The van der Waals surface area contributed by atoms with Crippen molar-refractivity contribution in [3.05, 3.63) is 174 Å². The molecule has 5 nitrogen and oxygen atoms in total. The summed E-state index contributed by atoms with van der Waals surface area (Å²) in [6.07, 6.45) is 0. The van der Waals surface area contributed by atoms with Crippen molar-refractivity contribution in [3.8, 4) is 45.8 Å². The smallest absolute Gasteiger partial charge is 0.189 e. The molecule has 0 fully saturated rings. The van der Waals surface area contributed by atoms with Crippen LogP contribution in [0.5, 0.6) is 0 Å². The maximum atomic E-state index is 10.6. The van der Waals surface area contributed by atoms with E-state index in [1.165, 1.54) is 10.8 Å². The predicted octanol–water partition coefficient (Wildman–Crippen LogP) is 11.5. The van der Waals surface area contributed by atoms with Crippen LogP contribution in [0.3, 0.4) is 0 Å². The summed E-state index contributed by atoms with van der Waals surface area (Å²) >= 11 is 0. The second kappa shape index (κ2) is 11.4. The van der Waals surface area contributed by atoms with Gasteiger partial charge in [0.25, 0.3) is 0 Å². The van der Waals surface area contributed by atoms with E-state index in [2.05, 4.69) is 111 Å². The van der Waals surface area contributed by atoms with E-state index >= 15 is 0 Å². The maximum absolute atomic E-state index is 10.6. The number of rotatable bonds is 4. The SMILES string of the molecule is [C-]#[N+]c1ccc2c3cc(C#N)ccc3n(-c3ccc(-c4ccccc4-c4ccccc4-n4c5ccccc5c5ccccc54)c(C#N)c3)c2c1. The van der Waals surface area contributed by atoms with Crippen molar-refractivity contribution in [2.24, 2.45) is 0 Å². The van der Waals surface area contributed by atoms with Crippen LogP contribution in [0.4, 0.5) is 5.69 Å². The van der Waals surface area contributed by atoms with Gasteiger partial charge in [0.2, 0.25) is 0 Å². The van der Waals surface area contributed by atoms with Gasteiger partial charge in [0, 0.05) is 43.9 Å². The highest BCUT2D eigenvalue weighted by Gasteiger charge is 2.20. The topological polar surface area (TPSA) is 61.8 Å². The molecule has 0 saturated carbocycles. The molecule has 0 saturated heterocycles. The van der Waals surface area contributed by atoms with E-state index in [4.69, 9.17) is 6.57 Å². The van der Waals surface area contributed by atoms with Gasteiger partial charge in [0.15, 0.2) is 5.69 Å². The fraction of sp³-hybridized carbons (Fsp3) is 0. The van der Waals surface area contributed by atoms with Crippen molar-refractivity contribution in [1.82, 2.24) is 9.13 Å². The van der Waals surface area contributed by atoms with E-state index in [1.807, 2.05) is 54.6 Å². The standard InChI is InChI=1S/C45H25N5/c1-48-31-19-21-39-40-24-29(27-46)18-23-44(40)49(45(39)26-31)32-20-22-33(30(25-32)28-47)34-10-2-3-11-35(34)36-12-4-7-15-41(36)50-42-16-8-5-13-37(42)38-14-6-9-17-43(38)50/h2-26H. The summed E-state index contributed by atoms with van der Waals surface area (Å²) in [6.45, 7) is 7.64. The third-order valence-corrected chi connectivity index (χ3v) is 9.62. The Kier molecular flexibility index (Phi) is 6.56. The Morgan fingerprint density at radius 1 is 0.460 bits per heavy atom. The molecule has 0 N–H and O–H groups in total. The summed E-state index contributed by atoms with van der Waals surface area (Å²) in [6, 6.07) is 55.7. The van der Waals surface area contributed by atoms with Crippen molar-refractivity contribution in [2.45, 2.75) is 0 Å². The third-order valence-electron chi connectivity index (χ3n) is 9.62. The zero-order chi connectivity index (χ0) is 33.8. The molecule has 9 aromatic rings. The number of hydrogen-bond donors (Lipinski definition) is 0. The summed E-state index contributed by atoms with van der Waals surface area (Å²) in [5, 5.41) is 24.5. The largest absolute Gasteiger partial charge is 0.310 e. The van der Waals surface area contributed by atoms with Crippen LogP contribution in [0.2, 0.25) is 0 Å². The average molecular weight is 636 g/mol. The van der Waals surface area contributed by atoms with Crippen LogP contribution < -0.4 is 0 Å². The van der Waals surface area contributed by atoms with Crippen LogP contribution in [0.1, 0.15) is 11.1 Å². The first-order valence-corrected chi connectivity index (χ1v) is 16.3. The van der Waals surface area contributed by atoms with E-state index < -0.39 is 0 Å². The van der Waals surface area contributed by atoms with Crippen molar-refractivity contribution in [3.63, 3.8) is 0 Å². The Balaban J connectivity index is 1.25. The second-order valence-corrected chi connectivity index (χ2v) is 12.3. The van der Waals surface area contributed by atoms with Gasteiger partial charge in [-0.2, -0.15) is 10.5 Å². The van der Waals surface area contributed by atoms with Gasteiger partial charge in [-0.1, -0.05) is 97.1 Å². The molecular weight excluding hydrogens is 611 g/mol. The minimum Gasteiger partial charge on any atom is -0.310 e. The fourth-order valence-corrected chi connectivity index (χ4v) is 7.46. The zero-order valence-electron chi connectivity index (χ0n) is 26.7. The maximum Gasteiger partial charge on any atom is 0.189 e. The first-order valence-electron chi connectivity index (χ1n) is 16.3. The molecule has 230 valence electrons. The van der Waals surface area contributed by atoms with E-state index in [-0.39, 0.29) is 0 Å². The minimum atomic E-state index is 0.523. The lowest BCUT2D eigenvalue weighted by molar-refractivity contribution is 1.18. The Morgan fingerprint density at radius 3 is 1.78 bits per heavy atom. The van der Waals surface area contributed by atoms with Crippen molar-refractivity contribution >= 4 is 49.3 Å². The molecule has 0 unspecified atom stereocenters. The van der Waals surface area contributed by atoms with Crippen molar-refractivity contribution in [1.29, 1.82) is 10.5 Å². The highest BCUT2D eigenvalue weighted by atomic mass is 15.0. The molecule has 0 aliphatic rings. The lowest BCUT2D eigenvalue weighted by Crippen LogP contribution is -1.99. The molecule has 0 amide bonds. The zero-order valence-corrected chi connectivity index (χ0v) is 26.7. The van der Waals surface area contributed by atoms with Gasteiger partial charge in [-0.3, -0.25) is 0 Å². The molecule has 0 aliphatic heterocycles. The molecule has 2 aromatic heterocycles. The Labute approximate surface area is 288 Å². The molecule has 0 bridgehead atoms. The van der Waals surface area contributed by atoms with Gasteiger partial charge >= 0.3 is 0 Å². The Morgan fingerprint density at radius 2 is 1.08 bits per heavy atom. The van der Waals surface area contributed by atoms with Gasteiger partial charge in [-0.25, -0.2) is 4.85 Å². The average Bonchev–Trinajstić information content (AvgIpc) is 3.69. The molecular formula is C45H25N5. The van der Waals surface area contributed by atoms with Gasteiger partial charge in [-0.15, -0.1) is 0 Å². The van der Waals surface area contributed by atoms with E-state index in [0.29, 0.717) is 16.8 Å². The molecule has 2 heterocycles. The molecule has 0 aliphatic carbocycles. The minimum absolute atomic E-state index is 0.523. The summed E-state index contributed by atoms with van der Waals surface area (Å²) < 4.78 is 4.41. The van der Waals surface area contributed by atoms with E-state index in [0.717, 1.165) is 66.5 Å². The summed E-state index contributed by atoms with van der Waals surface area (Å²) in [5.41, 5.74) is 11.4. The van der Waals surface area contributed by atoms with Crippen molar-refractivity contribution in [2.75, 3.05) is 0 Å². The fourth-order valence-electron chi connectivity index (χ4n) is 7.46. The van der Waals surface area contributed by atoms with Crippen LogP contribution in [-0.4, -0.2) is 9.13 Å². The number of benzene rings is 7. The lowest BCUT2D eigenvalue weighted by Gasteiger charge is -2.18. The van der Waals surface area contributed by atoms with Crippen LogP contribution >= 0.6 is 0 Å². The third kappa shape index (κ3) is 4.31. The number of aromatic nitrogens is 2. The van der Waals surface area contributed by atoms with Crippen LogP contribution in [0, 0.1) is 29.2 Å². The van der Waals surface area contributed by atoms with Crippen LogP contribution in [-0.2, 0) is 0 Å². The molecule has 50 heavy (non-hydrogen) atoms. The first-order chi connectivity index (χ1) is 24.7. The number of fused-ring (bicyclic) bond motifs is 6. The molecule has 0 radical (unpaired) electrons. The Hall–Kier alpha value is -7.39. The monoisotopic (exact) mass is 635 g/mol. The van der Waals surface area contributed by atoms with E-state index in [9.17, 15) is 10.5 Å². The van der Waals surface area contributed by atoms with Crippen molar-refractivity contribution < 1.29 is 0 Å². The summed E-state index contributed by atoms with van der Waals surface area (Å²) in [7, 11) is 0. The van der Waals surface area contributed by atoms with Crippen LogP contribution in [0.25, 0.3) is 82.1 Å². The second-order valence-electron chi connectivity index (χ2n) is 12.3.